The second kappa shape index (κ2) is 19.3. The van der Waals surface area contributed by atoms with Crippen molar-refractivity contribution in [1.29, 1.82) is 0 Å². The summed E-state index contributed by atoms with van der Waals surface area (Å²) >= 11 is 0. The van der Waals surface area contributed by atoms with Gasteiger partial charge in [-0.1, -0.05) is 107 Å². The van der Waals surface area contributed by atoms with Crippen molar-refractivity contribution in [2.45, 2.75) is 110 Å². The second-order valence-corrected chi connectivity index (χ2v) is 11.5. The maximum Gasteiger partial charge on any atom is 0.414 e. The largest absolute Gasteiger partial charge is 0.462 e. The van der Waals surface area contributed by atoms with Gasteiger partial charge in [0.1, 0.15) is 0 Å². The Balaban J connectivity index is 1.34. The van der Waals surface area contributed by atoms with Crippen LogP contribution in [0.25, 0.3) is 22.4 Å². The number of nitrogens with zero attached hydrogens (tertiary/aromatic N) is 1. The molecule has 0 aliphatic carbocycles. The van der Waals surface area contributed by atoms with E-state index in [1.807, 2.05) is 30.5 Å². The SMILES string of the molecule is CCCCCCCCCc1ccc(-c2ccc(-c3ccc(C(=O)OCCCCCCCOC(C)C(F)(F)F)cc3)cn2)cc1. The van der Waals surface area contributed by atoms with Gasteiger partial charge in [0.15, 0.2) is 6.10 Å². The monoisotopic (exact) mass is 611 g/mol. The third-order valence-corrected chi connectivity index (χ3v) is 7.89. The van der Waals surface area contributed by atoms with Crippen molar-refractivity contribution >= 4 is 5.97 Å². The number of rotatable bonds is 20. The van der Waals surface area contributed by atoms with Crippen molar-refractivity contribution in [1.82, 2.24) is 4.98 Å². The Labute approximate surface area is 261 Å². The summed E-state index contributed by atoms with van der Waals surface area (Å²) in [5.41, 5.74) is 5.84. The molecule has 0 bridgehead atoms. The molecule has 1 atom stereocenters. The van der Waals surface area contributed by atoms with E-state index in [-0.39, 0.29) is 12.6 Å². The number of pyridine rings is 1. The van der Waals surface area contributed by atoms with E-state index in [4.69, 9.17) is 9.47 Å². The Morgan fingerprint density at radius 1 is 0.705 bits per heavy atom. The first-order valence-electron chi connectivity index (χ1n) is 16.3. The van der Waals surface area contributed by atoms with Gasteiger partial charge >= 0.3 is 12.1 Å². The van der Waals surface area contributed by atoms with Crippen LogP contribution in [0.2, 0.25) is 0 Å². The summed E-state index contributed by atoms with van der Waals surface area (Å²) in [6, 6.07) is 20.1. The molecule has 0 amide bonds. The van der Waals surface area contributed by atoms with E-state index in [0.29, 0.717) is 25.0 Å². The Hall–Kier alpha value is -3.19. The van der Waals surface area contributed by atoms with Gasteiger partial charge < -0.3 is 9.47 Å². The molecule has 0 aliphatic heterocycles. The van der Waals surface area contributed by atoms with E-state index < -0.39 is 12.3 Å². The third kappa shape index (κ3) is 12.8. The molecule has 0 N–H and O–H groups in total. The summed E-state index contributed by atoms with van der Waals surface area (Å²) in [6.45, 7) is 3.68. The van der Waals surface area contributed by atoms with Crippen LogP contribution in [0.1, 0.15) is 107 Å². The van der Waals surface area contributed by atoms with Gasteiger partial charge in [0.2, 0.25) is 0 Å². The maximum absolute atomic E-state index is 12.4. The highest BCUT2D eigenvalue weighted by atomic mass is 19.4. The lowest BCUT2D eigenvalue weighted by Crippen LogP contribution is -2.28. The molecule has 44 heavy (non-hydrogen) atoms. The second-order valence-electron chi connectivity index (χ2n) is 11.5. The Bertz CT molecular complexity index is 1210. The number of ether oxygens (including phenoxy) is 2. The number of aryl methyl sites for hydroxylation is 1. The van der Waals surface area contributed by atoms with Crippen LogP contribution in [0, 0.1) is 0 Å². The van der Waals surface area contributed by atoms with Crippen LogP contribution < -0.4 is 0 Å². The topological polar surface area (TPSA) is 48.4 Å². The molecule has 240 valence electrons. The van der Waals surface area contributed by atoms with Gasteiger partial charge in [-0.25, -0.2) is 4.79 Å². The lowest BCUT2D eigenvalue weighted by atomic mass is 10.0. The third-order valence-electron chi connectivity index (χ3n) is 7.89. The number of hydrogen-bond donors (Lipinski definition) is 0. The van der Waals surface area contributed by atoms with Crippen molar-refractivity contribution < 1.29 is 27.4 Å². The van der Waals surface area contributed by atoms with Crippen molar-refractivity contribution in [2.24, 2.45) is 0 Å². The van der Waals surface area contributed by atoms with Crippen LogP contribution in [0.15, 0.2) is 66.9 Å². The number of benzene rings is 2. The van der Waals surface area contributed by atoms with E-state index in [2.05, 4.69) is 36.2 Å². The number of carbonyl (C=O) groups excluding carboxylic acids is 1. The number of carbonyl (C=O) groups is 1. The first-order chi connectivity index (χ1) is 21.3. The van der Waals surface area contributed by atoms with Gasteiger partial charge in [0.05, 0.1) is 17.9 Å². The predicted molar refractivity (Wildman–Crippen MR) is 172 cm³/mol. The zero-order valence-electron chi connectivity index (χ0n) is 26.3. The van der Waals surface area contributed by atoms with E-state index >= 15 is 0 Å². The standard InChI is InChI=1S/C37H48F3NO3/c1-3-4-5-6-7-9-12-15-30-16-18-32(19-17-30)35-25-24-34(28-41-35)31-20-22-33(23-21-31)36(42)44-27-14-11-8-10-13-26-43-29(2)37(38,39)40/h16-25,28-29H,3-15,26-27H2,1-2H3. The fourth-order valence-electron chi connectivity index (χ4n) is 5.00. The molecular formula is C37H48F3NO3. The molecule has 1 aromatic heterocycles. The molecule has 7 heteroatoms. The zero-order valence-corrected chi connectivity index (χ0v) is 26.3. The van der Waals surface area contributed by atoms with Crippen molar-refractivity contribution in [3.63, 3.8) is 0 Å². The highest BCUT2D eigenvalue weighted by Gasteiger charge is 2.36. The van der Waals surface area contributed by atoms with E-state index in [1.54, 1.807) is 12.1 Å². The van der Waals surface area contributed by atoms with Crippen molar-refractivity contribution in [3.8, 4) is 22.4 Å². The summed E-state index contributed by atoms with van der Waals surface area (Å²) in [4.78, 5) is 17.1. The maximum atomic E-state index is 12.4. The molecule has 0 radical (unpaired) electrons. The quantitative estimate of drug-likeness (QED) is 0.0942. The summed E-state index contributed by atoms with van der Waals surface area (Å²) in [5.74, 6) is -0.366. The Kier molecular flexibility index (Phi) is 15.4. The first kappa shape index (κ1) is 35.3. The van der Waals surface area contributed by atoms with Gasteiger partial charge in [0.25, 0.3) is 0 Å². The van der Waals surface area contributed by atoms with Gasteiger partial charge in [-0.2, -0.15) is 13.2 Å². The molecule has 3 aromatic rings. The van der Waals surface area contributed by atoms with Gasteiger partial charge in [0, 0.05) is 23.9 Å². The zero-order chi connectivity index (χ0) is 31.6. The summed E-state index contributed by atoms with van der Waals surface area (Å²) in [7, 11) is 0. The molecule has 0 saturated carbocycles. The van der Waals surface area contributed by atoms with Gasteiger partial charge in [-0.3, -0.25) is 4.98 Å². The molecular weight excluding hydrogens is 563 g/mol. The minimum Gasteiger partial charge on any atom is -0.462 e. The smallest absolute Gasteiger partial charge is 0.414 e. The average molecular weight is 612 g/mol. The predicted octanol–water partition coefficient (Wildman–Crippen LogP) is 10.8. The molecule has 1 heterocycles. The minimum atomic E-state index is -4.31. The number of hydrogen-bond acceptors (Lipinski definition) is 4. The molecule has 0 fully saturated rings. The highest BCUT2D eigenvalue weighted by Crippen LogP contribution is 2.25. The Morgan fingerprint density at radius 3 is 1.89 bits per heavy atom. The number of aromatic nitrogens is 1. The molecule has 2 aromatic carbocycles. The first-order valence-corrected chi connectivity index (χ1v) is 16.3. The molecule has 0 aliphatic rings. The molecule has 4 nitrogen and oxygen atoms in total. The highest BCUT2D eigenvalue weighted by molar-refractivity contribution is 5.90. The molecule has 1 unspecified atom stereocenters. The van der Waals surface area contributed by atoms with Crippen LogP contribution >= 0.6 is 0 Å². The molecule has 3 rings (SSSR count). The molecule has 0 saturated heterocycles. The summed E-state index contributed by atoms with van der Waals surface area (Å²) in [6.07, 6.45) is 9.95. The van der Waals surface area contributed by atoms with E-state index in [9.17, 15) is 18.0 Å². The van der Waals surface area contributed by atoms with Gasteiger partial charge in [-0.05, 0) is 61.9 Å². The van der Waals surface area contributed by atoms with E-state index in [0.717, 1.165) is 55.0 Å². The lowest BCUT2D eigenvalue weighted by molar-refractivity contribution is -0.214. The van der Waals surface area contributed by atoms with E-state index in [1.165, 1.54) is 50.5 Å². The summed E-state index contributed by atoms with van der Waals surface area (Å²) in [5, 5.41) is 0. The van der Waals surface area contributed by atoms with Gasteiger partial charge in [-0.15, -0.1) is 0 Å². The summed E-state index contributed by atoms with van der Waals surface area (Å²) < 4.78 is 47.4. The number of unbranched alkanes of at least 4 members (excludes halogenated alkanes) is 10. The van der Waals surface area contributed by atoms with Crippen molar-refractivity contribution in [2.75, 3.05) is 13.2 Å². The fourth-order valence-corrected chi connectivity index (χ4v) is 5.00. The van der Waals surface area contributed by atoms with Crippen LogP contribution in [0.5, 0.6) is 0 Å². The van der Waals surface area contributed by atoms with Crippen LogP contribution in [0.4, 0.5) is 13.2 Å². The number of halogens is 3. The fraction of sp³-hybridized carbons (Fsp3) is 0.514. The number of alkyl halides is 3. The van der Waals surface area contributed by atoms with Crippen LogP contribution in [-0.4, -0.2) is 36.4 Å². The van der Waals surface area contributed by atoms with Crippen molar-refractivity contribution in [3.05, 3.63) is 78.0 Å². The van der Waals surface area contributed by atoms with Crippen LogP contribution in [-0.2, 0) is 15.9 Å². The average Bonchev–Trinajstić information content (AvgIpc) is 3.03. The normalized spacial score (nSPS) is 12.3. The Morgan fingerprint density at radius 2 is 1.27 bits per heavy atom. The number of esters is 1. The minimum absolute atomic E-state index is 0.0963. The molecule has 0 spiro atoms. The van der Waals surface area contributed by atoms with Crippen LogP contribution in [0.3, 0.4) is 0 Å². The lowest BCUT2D eigenvalue weighted by Gasteiger charge is -2.16.